The molecular weight excluding hydrogens is 329 g/mol. The summed E-state index contributed by atoms with van der Waals surface area (Å²) in [5.41, 5.74) is -0.646. The number of alkyl halides is 3. The van der Waals surface area contributed by atoms with Gasteiger partial charge in [0.1, 0.15) is 5.69 Å². The predicted molar refractivity (Wildman–Crippen MR) is 74.6 cm³/mol. The summed E-state index contributed by atoms with van der Waals surface area (Å²) < 4.78 is 42.5. The van der Waals surface area contributed by atoms with E-state index in [1.165, 1.54) is 24.3 Å². The summed E-state index contributed by atoms with van der Waals surface area (Å²) in [6, 6.07) is 7.50. The molecule has 0 saturated heterocycles. The zero-order valence-corrected chi connectivity index (χ0v) is 11.7. The van der Waals surface area contributed by atoms with Crippen LogP contribution < -0.4 is 0 Å². The van der Waals surface area contributed by atoms with Gasteiger partial charge in [-0.1, -0.05) is 11.2 Å². The number of benzene rings is 1. The van der Waals surface area contributed by atoms with Crippen molar-refractivity contribution in [1.29, 1.82) is 0 Å². The summed E-state index contributed by atoms with van der Waals surface area (Å²) in [6.07, 6.45) is -3.82. The number of rotatable bonds is 3. The lowest BCUT2D eigenvalue weighted by atomic mass is 10.2. The van der Waals surface area contributed by atoms with Gasteiger partial charge in [0.05, 0.1) is 10.5 Å². The largest absolute Gasteiger partial charge is 0.417 e. The lowest BCUT2D eigenvalue weighted by Gasteiger charge is -2.05. The number of halogens is 3. The van der Waals surface area contributed by atoms with Crippen LogP contribution in [0.3, 0.4) is 0 Å². The SMILES string of the molecule is O=[N+]([O-])c1cccc(-c2nc(-c3ccc(C(F)(F)F)cn3)no2)c1. The summed E-state index contributed by atoms with van der Waals surface area (Å²) in [5, 5.41) is 14.4. The van der Waals surface area contributed by atoms with Gasteiger partial charge in [0, 0.05) is 23.9 Å². The zero-order chi connectivity index (χ0) is 17.3. The second-order valence-corrected chi connectivity index (χ2v) is 4.66. The third-order valence-corrected chi connectivity index (χ3v) is 3.05. The number of nitro groups is 1. The Morgan fingerprint density at radius 3 is 2.58 bits per heavy atom. The Morgan fingerprint density at radius 2 is 1.96 bits per heavy atom. The Morgan fingerprint density at radius 1 is 1.17 bits per heavy atom. The fraction of sp³-hybridized carbons (Fsp3) is 0.0714. The van der Waals surface area contributed by atoms with Crippen LogP contribution in [-0.2, 0) is 6.18 Å². The normalized spacial score (nSPS) is 11.5. The summed E-state index contributed by atoms with van der Waals surface area (Å²) in [5.74, 6) is -0.0272. The number of hydrogen-bond acceptors (Lipinski definition) is 6. The monoisotopic (exact) mass is 336 g/mol. The van der Waals surface area contributed by atoms with E-state index >= 15 is 0 Å². The highest BCUT2D eigenvalue weighted by molar-refractivity contribution is 5.60. The van der Waals surface area contributed by atoms with Crippen molar-refractivity contribution in [3.63, 3.8) is 0 Å². The maximum Gasteiger partial charge on any atom is 0.417 e. The molecule has 0 saturated carbocycles. The number of pyridine rings is 1. The molecule has 0 amide bonds. The van der Waals surface area contributed by atoms with Gasteiger partial charge in [0.25, 0.3) is 11.6 Å². The average molecular weight is 336 g/mol. The summed E-state index contributed by atoms with van der Waals surface area (Å²) in [7, 11) is 0. The fourth-order valence-electron chi connectivity index (χ4n) is 1.89. The lowest BCUT2D eigenvalue weighted by Crippen LogP contribution is -2.05. The molecule has 2 aromatic heterocycles. The molecule has 0 aliphatic heterocycles. The average Bonchev–Trinajstić information content (AvgIpc) is 3.04. The minimum atomic E-state index is -4.49. The Hall–Kier alpha value is -3.30. The Kier molecular flexibility index (Phi) is 3.72. The van der Waals surface area contributed by atoms with Crippen LogP contribution >= 0.6 is 0 Å². The molecule has 3 rings (SSSR count). The predicted octanol–water partition coefficient (Wildman–Crippen LogP) is 3.73. The molecule has 0 fully saturated rings. The highest BCUT2D eigenvalue weighted by Crippen LogP contribution is 2.30. The molecular formula is C14H7F3N4O3. The highest BCUT2D eigenvalue weighted by Gasteiger charge is 2.30. The molecule has 1 aromatic carbocycles. The minimum Gasteiger partial charge on any atom is -0.334 e. The van der Waals surface area contributed by atoms with Gasteiger partial charge in [-0.3, -0.25) is 15.1 Å². The van der Waals surface area contributed by atoms with Crippen molar-refractivity contribution in [2.24, 2.45) is 0 Å². The van der Waals surface area contributed by atoms with Crippen molar-refractivity contribution in [3.05, 3.63) is 58.3 Å². The van der Waals surface area contributed by atoms with Gasteiger partial charge in [-0.2, -0.15) is 18.2 Å². The highest BCUT2D eigenvalue weighted by atomic mass is 19.4. The number of hydrogen-bond donors (Lipinski definition) is 0. The van der Waals surface area contributed by atoms with Crippen molar-refractivity contribution >= 4 is 5.69 Å². The molecule has 10 heteroatoms. The third kappa shape index (κ3) is 3.07. The first-order valence-corrected chi connectivity index (χ1v) is 6.47. The second kappa shape index (κ2) is 5.72. The molecule has 0 spiro atoms. The van der Waals surface area contributed by atoms with E-state index in [-0.39, 0.29) is 23.1 Å². The van der Waals surface area contributed by atoms with Crippen LogP contribution in [0.25, 0.3) is 23.0 Å². The Bertz CT molecular complexity index is 891. The van der Waals surface area contributed by atoms with Crippen molar-refractivity contribution in [2.75, 3.05) is 0 Å². The third-order valence-electron chi connectivity index (χ3n) is 3.05. The number of nitro benzene ring substituents is 1. The van der Waals surface area contributed by atoms with Gasteiger partial charge in [-0.05, 0) is 18.2 Å². The number of aromatic nitrogens is 3. The fourth-order valence-corrected chi connectivity index (χ4v) is 1.89. The molecule has 7 nitrogen and oxygen atoms in total. The zero-order valence-electron chi connectivity index (χ0n) is 11.7. The first-order chi connectivity index (χ1) is 11.3. The van der Waals surface area contributed by atoms with Gasteiger partial charge >= 0.3 is 6.18 Å². The van der Waals surface area contributed by atoms with E-state index in [0.29, 0.717) is 11.8 Å². The van der Waals surface area contributed by atoms with Crippen LogP contribution in [-0.4, -0.2) is 20.0 Å². The Labute approximate surface area is 131 Å². The Balaban J connectivity index is 1.91. The molecule has 24 heavy (non-hydrogen) atoms. The van der Waals surface area contributed by atoms with E-state index in [1.54, 1.807) is 0 Å². The van der Waals surface area contributed by atoms with E-state index in [2.05, 4.69) is 15.1 Å². The molecule has 122 valence electrons. The van der Waals surface area contributed by atoms with Gasteiger partial charge in [0.2, 0.25) is 5.82 Å². The van der Waals surface area contributed by atoms with Crippen LogP contribution in [0, 0.1) is 10.1 Å². The summed E-state index contributed by atoms with van der Waals surface area (Å²) >= 11 is 0. The smallest absolute Gasteiger partial charge is 0.334 e. The van der Waals surface area contributed by atoms with Crippen LogP contribution in [0.5, 0.6) is 0 Å². The maximum atomic E-state index is 12.5. The summed E-state index contributed by atoms with van der Waals surface area (Å²) in [4.78, 5) is 17.8. The standard InChI is InChI=1S/C14H7F3N4O3/c15-14(16,17)9-4-5-11(18-7-9)12-19-13(24-20-12)8-2-1-3-10(6-8)21(22)23/h1-7H. The van der Waals surface area contributed by atoms with Crippen LogP contribution in [0.15, 0.2) is 47.1 Å². The van der Waals surface area contributed by atoms with E-state index in [4.69, 9.17) is 4.52 Å². The van der Waals surface area contributed by atoms with E-state index in [9.17, 15) is 23.3 Å². The molecule has 2 heterocycles. The molecule has 0 atom stereocenters. The lowest BCUT2D eigenvalue weighted by molar-refractivity contribution is -0.384. The second-order valence-electron chi connectivity index (χ2n) is 4.66. The van der Waals surface area contributed by atoms with Gasteiger partial charge in [-0.15, -0.1) is 0 Å². The first-order valence-electron chi connectivity index (χ1n) is 6.47. The number of nitrogens with zero attached hydrogens (tertiary/aromatic N) is 4. The quantitative estimate of drug-likeness (QED) is 0.534. The maximum absolute atomic E-state index is 12.5. The molecule has 0 N–H and O–H groups in total. The topological polar surface area (TPSA) is 95.0 Å². The van der Waals surface area contributed by atoms with E-state index in [1.807, 2.05) is 0 Å². The molecule has 0 radical (unpaired) electrons. The van der Waals surface area contributed by atoms with E-state index in [0.717, 1.165) is 12.1 Å². The molecule has 0 bridgehead atoms. The van der Waals surface area contributed by atoms with Gasteiger partial charge in [0.15, 0.2) is 0 Å². The molecule has 0 unspecified atom stereocenters. The van der Waals surface area contributed by atoms with Crippen LogP contribution in [0.4, 0.5) is 18.9 Å². The van der Waals surface area contributed by atoms with Gasteiger partial charge < -0.3 is 4.52 Å². The number of non-ortho nitro benzene ring substituents is 1. The van der Waals surface area contributed by atoms with Crippen molar-refractivity contribution in [1.82, 2.24) is 15.1 Å². The minimum absolute atomic E-state index is 0.00426. The molecule has 0 aliphatic rings. The molecule has 3 aromatic rings. The van der Waals surface area contributed by atoms with Gasteiger partial charge in [-0.25, -0.2) is 0 Å². The van der Waals surface area contributed by atoms with Crippen molar-refractivity contribution < 1.29 is 22.6 Å². The van der Waals surface area contributed by atoms with Crippen molar-refractivity contribution in [3.8, 4) is 23.0 Å². The van der Waals surface area contributed by atoms with Crippen LogP contribution in [0.2, 0.25) is 0 Å². The molecule has 0 aliphatic carbocycles. The van der Waals surface area contributed by atoms with Crippen LogP contribution in [0.1, 0.15) is 5.56 Å². The van der Waals surface area contributed by atoms with E-state index < -0.39 is 16.7 Å². The van der Waals surface area contributed by atoms with Crippen molar-refractivity contribution in [2.45, 2.75) is 6.18 Å². The summed E-state index contributed by atoms with van der Waals surface area (Å²) in [6.45, 7) is 0. The first kappa shape index (κ1) is 15.6.